The number of benzene rings is 2. The topological polar surface area (TPSA) is 60.9 Å². The first kappa shape index (κ1) is 42.6. The molecule has 3 rings (SSSR count). The number of aryl methyl sites for hydroxylation is 2. The Morgan fingerprint density at radius 1 is 0.907 bits per heavy atom. The van der Waals surface area contributed by atoms with E-state index >= 15 is 0 Å². The van der Waals surface area contributed by atoms with Crippen molar-refractivity contribution < 1.29 is 14.7 Å². The van der Waals surface area contributed by atoms with E-state index in [-0.39, 0.29) is 12.0 Å². The second kappa shape index (κ2) is 27.1. The van der Waals surface area contributed by atoms with Crippen LogP contribution >= 0.6 is 0 Å². The van der Waals surface area contributed by atoms with Gasteiger partial charge in [-0.15, -0.1) is 0 Å². The molecule has 0 saturated carbocycles. The standard InChI is InChI=1S/C17H29N.C10H19NO.C8H10.C2H6.CH2O2/c1-3-5-6-10-15-18(14-4-2)16-13-17-11-8-7-9-12-17;1-8(12)9-5-6-11(7-9)10(2,3)4;1-7-4-3-5-8(2)6-7;1-2;2-1-3/h7-9,11-12H,3-6,10,13-16H2,1-2H3;9H,5-7H2,1-4H3;3-6H,1-2H3;1-2H3;1H,(H,2,3). The summed E-state index contributed by atoms with van der Waals surface area (Å²) in [5, 5.41) is 6.89. The maximum atomic E-state index is 11.1. The van der Waals surface area contributed by atoms with Crippen LogP contribution in [0.15, 0.2) is 54.6 Å². The van der Waals surface area contributed by atoms with Gasteiger partial charge in [-0.25, -0.2) is 0 Å². The van der Waals surface area contributed by atoms with E-state index in [0.29, 0.717) is 11.7 Å². The molecule has 43 heavy (non-hydrogen) atoms. The van der Waals surface area contributed by atoms with Crippen LogP contribution in [0.25, 0.3) is 0 Å². The molecule has 1 unspecified atom stereocenters. The molecule has 1 heterocycles. The molecule has 2 aromatic rings. The second-order valence-corrected chi connectivity index (χ2v) is 12.1. The summed E-state index contributed by atoms with van der Waals surface area (Å²) in [6.45, 7) is 26.6. The minimum absolute atomic E-state index is 0.226. The maximum absolute atomic E-state index is 11.1. The summed E-state index contributed by atoms with van der Waals surface area (Å²) in [6, 6.07) is 19.3. The number of rotatable bonds is 11. The largest absolute Gasteiger partial charge is 0.483 e. The van der Waals surface area contributed by atoms with E-state index in [0.717, 1.165) is 19.5 Å². The van der Waals surface area contributed by atoms with Crippen molar-refractivity contribution in [1.82, 2.24) is 9.80 Å². The van der Waals surface area contributed by atoms with Crippen molar-refractivity contribution in [3.05, 3.63) is 71.3 Å². The maximum Gasteiger partial charge on any atom is 0.290 e. The van der Waals surface area contributed by atoms with E-state index in [1.807, 2.05) is 13.8 Å². The molecule has 1 atom stereocenters. The van der Waals surface area contributed by atoms with Crippen LogP contribution in [-0.2, 0) is 16.0 Å². The highest BCUT2D eigenvalue weighted by atomic mass is 16.3. The zero-order valence-electron chi connectivity index (χ0n) is 29.5. The fraction of sp³-hybridized carbons (Fsp3) is 0.632. The highest BCUT2D eigenvalue weighted by molar-refractivity contribution is 5.78. The van der Waals surface area contributed by atoms with Gasteiger partial charge >= 0.3 is 0 Å². The van der Waals surface area contributed by atoms with Gasteiger partial charge in [-0.2, -0.15) is 0 Å². The lowest BCUT2D eigenvalue weighted by Gasteiger charge is -2.31. The van der Waals surface area contributed by atoms with Crippen molar-refractivity contribution >= 4 is 12.3 Å². The molecular weight excluding hydrogens is 532 g/mol. The van der Waals surface area contributed by atoms with Gasteiger partial charge in [-0.3, -0.25) is 14.5 Å². The van der Waals surface area contributed by atoms with Gasteiger partial charge in [0.25, 0.3) is 6.47 Å². The van der Waals surface area contributed by atoms with E-state index in [4.69, 9.17) is 9.90 Å². The molecule has 1 fully saturated rings. The Morgan fingerprint density at radius 2 is 1.49 bits per heavy atom. The molecule has 1 aliphatic heterocycles. The van der Waals surface area contributed by atoms with Gasteiger partial charge in [0.1, 0.15) is 5.78 Å². The lowest BCUT2D eigenvalue weighted by atomic mass is 10.0. The Labute approximate surface area is 266 Å². The third-order valence-corrected chi connectivity index (χ3v) is 7.31. The number of hydrogen-bond acceptors (Lipinski definition) is 4. The highest BCUT2D eigenvalue weighted by Crippen LogP contribution is 2.24. The summed E-state index contributed by atoms with van der Waals surface area (Å²) < 4.78 is 0. The molecule has 1 saturated heterocycles. The van der Waals surface area contributed by atoms with Crippen molar-refractivity contribution in [1.29, 1.82) is 0 Å². The Balaban J connectivity index is 0. The van der Waals surface area contributed by atoms with Gasteiger partial charge in [0.15, 0.2) is 0 Å². The predicted octanol–water partition coefficient (Wildman–Crippen LogP) is 9.25. The van der Waals surface area contributed by atoms with Crippen LogP contribution in [0, 0.1) is 19.8 Å². The van der Waals surface area contributed by atoms with Gasteiger partial charge in [0.2, 0.25) is 0 Å². The molecule has 0 aliphatic carbocycles. The van der Waals surface area contributed by atoms with Crippen molar-refractivity contribution in [3.63, 3.8) is 0 Å². The number of nitrogens with zero attached hydrogens (tertiary/aromatic N) is 2. The molecule has 5 heteroatoms. The van der Waals surface area contributed by atoms with Crippen molar-refractivity contribution in [2.45, 2.75) is 120 Å². The molecule has 5 nitrogen and oxygen atoms in total. The fourth-order valence-electron chi connectivity index (χ4n) is 4.85. The third kappa shape index (κ3) is 23.6. The first-order valence-electron chi connectivity index (χ1n) is 16.6. The Hall–Kier alpha value is -2.50. The zero-order chi connectivity index (χ0) is 33.1. The van der Waals surface area contributed by atoms with Crippen molar-refractivity contribution in [2.24, 2.45) is 5.92 Å². The molecule has 2 aromatic carbocycles. The lowest BCUT2D eigenvalue weighted by Crippen LogP contribution is -2.39. The predicted molar refractivity (Wildman–Crippen MR) is 187 cm³/mol. The smallest absolute Gasteiger partial charge is 0.290 e. The summed E-state index contributed by atoms with van der Waals surface area (Å²) in [5.74, 6) is 0.644. The molecule has 0 aromatic heterocycles. The number of hydrogen-bond donors (Lipinski definition) is 1. The fourth-order valence-corrected chi connectivity index (χ4v) is 4.85. The van der Waals surface area contributed by atoms with E-state index in [9.17, 15) is 4.79 Å². The summed E-state index contributed by atoms with van der Waals surface area (Å²) in [7, 11) is 0. The molecule has 0 amide bonds. The third-order valence-electron chi connectivity index (χ3n) is 7.31. The Bertz CT molecular complexity index is 907. The summed E-state index contributed by atoms with van der Waals surface area (Å²) in [6.07, 6.45) is 8.98. The molecule has 0 bridgehead atoms. The first-order valence-corrected chi connectivity index (χ1v) is 16.6. The molecule has 246 valence electrons. The van der Waals surface area contributed by atoms with Gasteiger partial charge in [-0.1, -0.05) is 113 Å². The minimum atomic E-state index is -0.250. The van der Waals surface area contributed by atoms with Crippen LogP contribution in [0.2, 0.25) is 0 Å². The number of ketones is 1. The van der Waals surface area contributed by atoms with Crippen LogP contribution in [0.4, 0.5) is 0 Å². The Morgan fingerprint density at radius 3 is 1.88 bits per heavy atom. The number of likely N-dealkylation sites (tertiary alicyclic amines) is 1. The van der Waals surface area contributed by atoms with Gasteiger partial charge < -0.3 is 10.0 Å². The van der Waals surface area contributed by atoms with E-state index in [1.54, 1.807) is 6.92 Å². The molecule has 0 spiro atoms. The average Bonchev–Trinajstić information content (AvgIpc) is 3.49. The minimum Gasteiger partial charge on any atom is -0.483 e. The number of unbranched alkanes of at least 4 members (excludes halogenated alkanes) is 3. The van der Waals surface area contributed by atoms with Crippen LogP contribution in [0.3, 0.4) is 0 Å². The lowest BCUT2D eigenvalue weighted by molar-refractivity contribution is -0.123. The van der Waals surface area contributed by atoms with E-state index < -0.39 is 0 Å². The average molecular weight is 599 g/mol. The monoisotopic (exact) mass is 599 g/mol. The SMILES string of the molecule is CC.CC(=O)C1CCN(C(C)(C)C)C1.CCCCCCN(CCC)CCc1ccccc1.Cc1cccc(C)c1.O=CO. The van der Waals surface area contributed by atoms with Crippen molar-refractivity contribution in [2.75, 3.05) is 32.7 Å². The normalized spacial score (nSPS) is 14.1. The summed E-state index contributed by atoms with van der Waals surface area (Å²) >= 11 is 0. The van der Waals surface area contributed by atoms with Gasteiger partial charge in [0, 0.05) is 24.5 Å². The van der Waals surface area contributed by atoms with Crippen LogP contribution in [-0.4, -0.2) is 65.4 Å². The second-order valence-electron chi connectivity index (χ2n) is 12.1. The van der Waals surface area contributed by atoms with Crippen LogP contribution < -0.4 is 0 Å². The highest BCUT2D eigenvalue weighted by Gasteiger charge is 2.31. The van der Waals surface area contributed by atoms with Crippen molar-refractivity contribution in [3.8, 4) is 0 Å². The quantitative estimate of drug-likeness (QED) is 0.206. The zero-order valence-corrected chi connectivity index (χ0v) is 29.5. The molecule has 1 N–H and O–H groups in total. The van der Waals surface area contributed by atoms with E-state index in [1.165, 1.54) is 74.8 Å². The summed E-state index contributed by atoms with van der Waals surface area (Å²) in [5.41, 5.74) is 4.37. The number of carbonyl (C=O) groups is 2. The van der Waals surface area contributed by atoms with Gasteiger partial charge in [-0.05, 0) is 92.4 Å². The molecular formula is C38H66N2O3. The first-order chi connectivity index (χ1) is 20.5. The summed E-state index contributed by atoms with van der Waals surface area (Å²) in [4.78, 5) is 24.5. The number of carboxylic acid groups (broad SMARTS) is 1. The van der Waals surface area contributed by atoms with E-state index in [2.05, 4.69) is 113 Å². The van der Waals surface area contributed by atoms with Crippen LogP contribution in [0.5, 0.6) is 0 Å². The van der Waals surface area contributed by atoms with Crippen LogP contribution in [0.1, 0.15) is 111 Å². The number of carbonyl (C=O) groups excluding carboxylic acids is 1. The Kier molecular flexibility index (Phi) is 26.8. The molecule has 0 radical (unpaired) electrons. The number of Topliss-reactive ketones (excluding diaryl/α,β-unsaturated/α-hetero) is 1. The van der Waals surface area contributed by atoms with Gasteiger partial charge in [0.05, 0.1) is 0 Å². The molecule has 1 aliphatic rings.